The largest absolute Gasteiger partial charge is 0.478 e. The first kappa shape index (κ1) is 12.2. The second-order valence-corrected chi connectivity index (χ2v) is 2.91. The van der Waals surface area contributed by atoms with Gasteiger partial charge in [-0.2, -0.15) is 13.2 Å². The minimum atomic E-state index is -4.58. The van der Waals surface area contributed by atoms with E-state index in [1.54, 1.807) is 0 Å². The van der Waals surface area contributed by atoms with Crippen LogP contribution in [0.3, 0.4) is 0 Å². The summed E-state index contributed by atoms with van der Waals surface area (Å²) in [5, 5.41) is 8.26. The van der Waals surface area contributed by atoms with Crippen molar-refractivity contribution < 1.29 is 27.5 Å². The maximum atomic E-state index is 13.0. The van der Waals surface area contributed by atoms with E-state index in [0.29, 0.717) is 24.3 Å². The van der Waals surface area contributed by atoms with E-state index < -0.39 is 29.1 Å². The zero-order valence-corrected chi connectivity index (χ0v) is 7.75. The monoisotopic (exact) mass is 234 g/mol. The lowest BCUT2D eigenvalue weighted by Crippen LogP contribution is -2.05. The maximum absolute atomic E-state index is 13.0. The van der Waals surface area contributed by atoms with Crippen LogP contribution < -0.4 is 0 Å². The van der Waals surface area contributed by atoms with Crippen LogP contribution in [0.5, 0.6) is 0 Å². The first-order valence-electron chi connectivity index (χ1n) is 4.08. The van der Waals surface area contributed by atoms with Crippen LogP contribution >= 0.6 is 0 Å². The van der Waals surface area contributed by atoms with E-state index in [9.17, 15) is 22.4 Å². The van der Waals surface area contributed by atoms with Crippen molar-refractivity contribution in [1.82, 2.24) is 0 Å². The van der Waals surface area contributed by atoms with Gasteiger partial charge in [0.05, 0.1) is 5.56 Å². The first-order valence-corrected chi connectivity index (χ1v) is 4.08. The highest BCUT2D eigenvalue weighted by molar-refractivity contribution is 5.85. The molecule has 0 heterocycles. The summed E-state index contributed by atoms with van der Waals surface area (Å²) in [6, 6.07) is 1.78. The van der Waals surface area contributed by atoms with Crippen LogP contribution in [-0.4, -0.2) is 11.1 Å². The number of carboxylic acids is 1. The molecule has 0 bridgehead atoms. The Hall–Kier alpha value is -1.85. The molecule has 0 aromatic heterocycles. The van der Waals surface area contributed by atoms with Crippen molar-refractivity contribution >= 4 is 12.0 Å². The van der Waals surface area contributed by atoms with Crippen LogP contribution in [0.2, 0.25) is 0 Å². The lowest BCUT2D eigenvalue weighted by molar-refractivity contribution is -0.137. The molecule has 0 aliphatic rings. The van der Waals surface area contributed by atoms with Crippen LogP contribution in [0.25, 0.3) is 6.08 Å². The summed E-state index contributed by atoms with van der Waals surface area (Å²) in [4.78, 5) is 10.1. The highest BCUT2D eigenvalue weighted by Crippen LogP contribution is 2.30. The summed E-state index contributed by atoms with van der Waals surface area (Å²) in [6.45, 7) is 0. The third-order valence-corrected chi connectivity index (χ3v) is 1.73. The molecule has 0 unspecified atom stereocenters. The van der Waals surface area contributed by atoms with Gasteiger partial charge >= 0.3 is 12.1 Å². The fourth-order valence-electron chi connectivity index (χ4n) is 1.01. The number of carbonyl (C=O) groups is 1. The van der Waals surface area contributed by atoms with Crippen LogP contribution in [0.1, 0.15) is 11.1 Å². The summed E-state index contributed by atoms with van der Waals surface area (Å²) in [5.74, 6) is -2.28. The molecular weight excluding hydrogens is 228 g/mol. The van der Waals surface area contributed by atoms with Gasteiger partial charge in [-0.1, -0.05) is 0 Å². The second-order valence-electron chi connectivity index (χ2n) is 2.91. The van der Waals surface area contributed by atoms with Crippen molar-refractivity contribution in [3.63, 3.8) is 0 Å². The van der Waals surface area contributed by atoms with Gasteiger partial charge in [-0.3, -0.25) is 0 Å². The molecule has 0 fully saturated rings. The molecule has 1 rings (SSSR count). The molecule has 0 saturated heterocycles. The Kier molecular flexibility index (Phi) is 3.31. The molecule has 16 heavy (non-hydrogen) atoms. The summed E-state index contributed by atoms with van der Waals surface area (Å²) in [7, 11) is 0. The first-order chi connectivity index (χ1) is 7.30. The molecule has 0 aliphatic heterocycles. The second kappa shape index (κ2) is 4.34. The number of carboxylic acid groups (broad SMARTS) is 1. The molecule has 1 N–H and O–H groups in total. The Balaban J connectivity index is 3.14. The fraction of sp³-hybridized carbons (Fsp3) is 0.100. The van der Waals surface area contributed by atoms with Crippen LogP contribution in [0, 0.1) is 5.82 Å². The summed E-state index contributed by atoms with van der Waals surface area (Å²) >= 11 is 0. The predicted molar refractivity (Wildman–Crippen MR) is 48.1 cm³/mol. The number of hydrogen-bond donors (Lipinski definition) is 1. The number of aliphatic carboxylic acids is 1. The quantitative estimate of drug-likeness (QED) is 0.631. The molecule has 86 valence electrons. The van der Waals surface area contributed by atoms with Crippen molar-refractivity contribution in [3.8, 4) is 0 Å². The number of hydrogen-bond acceptors (Lipinski definition) is 1. The highest BCUT2D eigenvalue weighted by atomic mass is 19.4. The third-order valence-electron chi connectivity index (χ3n) is 1.73. The van der Waals surface area contributed by atoms with Crippen LogP contribution in [-0.2, 0) is 11.0 Å². The molecule has 0 aliphatic carbocycles. The van der Waals surface area contributed by atoms with Crippen molar-refractivity contribution in [3.05, 3.63) is 41.2 Å². The van der Waals surface area contributed by atoms with Gasteiger partial charge in [0.2, 0.25) is 0 Å². The van der Waals surface area contributed by atoms with Crippen molar-refractivity contribution in [2.75, 3.05) is 0 Å². The van der Waals surface area contributed by atoms with Crippen LogP contribution in [0.15, 0.2) is 24.3 Å². The van der Waals surface area contributed by atoms with Gasteiger partial charge in [-0.25, -0.2) is 9.18 Å². The molecule has 1 aromatic carbocycles. The van der Waals surface area contributed by atoms with Gasteiger partial charge in [-0.05, 0) is 24.3 Å². The molecule has 0 saturated carbocycles. The number of alkyl halides is 3. The van der Waals surface area contributed by atoms with E-state index >= 15 is 0 Å². The fourth-order valence-corrected chi connectivity index (χ4v) is 1.01. The summed E-state index contributed by atoms with van der Waals surface area (Å²) < 4.78 is 49.7. The van der Waals surface area contributed by atoms with Gasteiger partial charge in [0, 0.05) is 11.6 Å². The Morgan fingerprint density at radius 3 is 2.44 bits per heavy atom. The van der Waals surface area contributed by atoms with Gasteiger partial charge in [0.1, 0.15) is 5.82 Å². The molecule has 0 atom stereocenters. The minimum absolute atomic E-state index is 0.419. The van der Waals surface area contributed by atoms with Crippen LogP contribution in [0.4, 0.5) is 17.6 Å². The zero-order chi connectivity index (χ0) is 12.3. The third kappa shape index (κ3) is 3.08. The molecule has 0 spiro atoms. The standard InChI is InChI=1S/C10H6F4O2/c11-8-3-2-7(10(12,13)14)5-6(8)1-4-9(15)16/h1-5H,(H,15,16)/b4-1+. The average molecular weight is 234 g/mol. The number of halogens is 4. The van der Waals surface area contributed by atoms with E-state index in [1.807, 2.05) is 0 Å². The van der Waals surface area contributed by atoms with Gasteiger partial charge in [0.25, 0.3) is 0 Å². The summed E-state index contributed by atoms with van der Waals surface area (Å²) in [5.41, 5.74) is -1.45. The van der Waals surface area contributed by atoms with E-state index in [0.717, 1.165) is 6.08 Å². The van der Waals surface area contributed by atoms with Crippen molar-refractivity contribution in [2.45, 2.75) is 6.18 Å². The maximum Gasteiger partial charge on any atom is 0.416 e. The lowest BCUT2D eigenvalue weighted by atomic mass is 10.1. The number of rotatable bonds is 2. The van der Waals surface area contributed by atoms with E-state index in [2.05, 4.69) is 0 Å². The van der Waals surface area contributed by atoms with E-state index in [4.69, 9.17) is 5.11 Å². The summed E-state index contributed by atoms with van der Waals surface area (Å²) in [6.07, 6.45) is -3.25. The lowest BCUT2D eigenvalue weighted by Gasteiger charge is -2.07. The van der Waals surface area contributed by atoms with Gasteiger partial charge in [-0.15, -0.1) is 0 Å². The molecule has 1 aromatic rings. The van der Waals surface area contributed by atoms with Crippen molar-refractivity contribution in [1.29, 1.82) is 0 Å². The SMILES string of the molecule is O=C(O)/C=C/c1cc(C(F)(F)F)ccc1F. The molecule has 0 radical (unpaired) electrons. The molecule has 6 heteroatoms. The smallest absolute Gasteiger partial charge is 0.416 e. The predicted octanol–water partition coefficient (Wildman–Crippen LogP) is 2.94. The Labute approximate surface area is 87.8 Å². The Bertz CT molecular complexity index is 435. The minimum Gasteiger partial charge on any atom is -0.478 e. The number of benzene rings is 1. The molecule has 2 nitrogen and oxygen atoms in total. The molecular formula is C10H6F4O2. The topological polar surface area (TPSA) is 37.3 Å². The average Bonchev–Trinajstić information content (AvgIpc) is 2.14. The Morgan fingerprint density at radius 1 is 1.31 bits per heavy atom. The van der Waals surface area contributed by atoms with E-state index in [-0.39, 0.29) is 0 Å². The zero-order valence-electron chi connectivity index (χ0n) is 7.75. The highest BCUT2D eigenvalue weighted by Gasteiger charge is 2.30. The van der Waals surface area contributed by atoms with Crippen molar-refractivity contribution in [2.24, 2.45) is 0 Å². The normalized spacial score (nSPS) is 12.0. The molecule has 0 amide bonds. The van der Waals surface area contributed by atoms with Gasteiger partial charge < -0.3 is 5.11 Å². The Morgan fingerprint density at radius 2 is 1.94 bits per heavy atom. The van der Waals surface area contributed by atoms with Gasteiger partial charge in [0.15, 0.2) is 0 Å². The van der Waals surface area contributed by atoms with E-state index in [1.165, 1.54) is 0 Å².